The van der Waals surface area contributed by atoms with E-state index in [0.717, 1.165) is 41.7 Å². The summed E-state index contributed by atoms with van der Waals surface area (Å²) in [6.45, 7) is 2.48. The number of pyridine rings is 1. The highest BCUT2D eigenvalue weighted by atomic mass is 32.2. The molecule has 2 aromatic rings. The molecule has 4 rings (SSSR count). The predicted octanol–water partition coefficient (Wildman–Crippen LogP) is 2.37. The summed E-state index contributed by atoms with van der Waals surface area (Å²) >= 11 is 1.89. The minimum absolute atomic E-state index is 0.00371. The number of carbonyl (C=O) groups is 4. The fourth-order valence-electron chi connectivity index (χ4n) is 5.11. The monoisotopic (exact) mass is 627 g/mol. The number of benzene rings is 1. The van der Waals surface area contributed by atoms with Crippen LogP contribution >= 0.6 is 11.8 Å². The number of ether oxygens (including phenoxy) is 2. The predicted molar refractivity (Wildman–Crippen MR) is 167 cm³/mol. The van der Waals surface area contributed by atoms with Crippen molar-refractivity contribution in [2.24, 2.45) is 0 Å². The molecule has 1 aromatic carbocycles. The standard InChI is InChI=1S/C31H41N5O7S/c37-27(4-2-1-3-26-29-25(20-44-26)35-31(41)36-29)32-13-15-42-17-18-43-16-14-33-28(38)12-7-21-5-8-22(9-6-21)23-10-11-24(30(39)40)34-19-23/h5-6,8-11,19,25-26,29H,1-4,7,12-18,20H2,(H,32,37)(H,33,38)(H,39,40)(H2,35,36,41). The molecule has 0 radical (unpaired) electrons. The molecular weight excluding hydrogens is 586 g/mol. The molecule has 5 N–H and O–H groups in total. The molecule has 0 bridgehead atoms. The lowest BCUT2D eigenvalue weighted by molar-refractivity contribution is -0.122. The average molecular weight is 628 g/mol. The van der Waals surface area contributed by atoms with Gasteiger partial charge in [-0.1, -0.05) is 36.8 Å². The molecule has 2 saturated heterocycles. The second-order valence-electron chi connectivity index (χ2n) is 10.7. The van der Waals surface area contributed by atoms with Gasteiger partial charge in [0.2, 0.25) is 11.8 Å². The van der Waals surface area contributed by atoms with Gasteiger partial charge in [-0.15, -0.1) is 0 Å². The summed E-state index contributed by atoms with van der Waals surface area (Å²) in [4.78, 5) is 50.5. The van der Waals surface area contributed by atoms with E-state index in [0.29, 0.717) is 64.0 Å². The number of urea groups is 1. The maximum absolute atomic E-state index is 12.1. The first-order valence-electron chi connectivity index (χ1n) is 15.0. The first kappa shape index (κ1) is 33.2. The number of aromatic carboxylic acids is 1. The summed E-state index contributed by atoms with van der Waals surface area (Å²) in [5.41, 5.74) is 2.78. The van der Waals surface area contributed by atoms with E-state index in [1.807, 2.05) is 36.0 Å². The van der Waals surface area contributed by atoms with Crippen molar-refractivity contribution in [3.05, 3.63) is 53.9 Å². The molecule has 2 aliphatic heterocycles. The van der Waals surface area contributed by atoms with Gasteiger partial charge in [-0.2, -0.15) is 11.8 Å². The Balaban J connectivity index is 0.930. The smallest absolute Gasteiger partial charge is 0.354 e. The highest BCUT2D eigenvalue weighted by molar-refractivity contribution is 8.00. The van der Waals surface area contributed by atoms with Crippen LogP contribution in [0.5, 0.6) is 0 Å². The van der Waals surface area contributed by atoms with Crippen LogP contribution in [0, 0.1) is 0 Å². The number of hydrogen-bond donors (Lipinski definition) is 5. The quantitative estimate of drug-likeness (QED) is 0.116. The fourth-order valence-corrected chi connectivity index (χ4v) is 6.65. The van der Waals surface area contributed by atoms with Crippen molar-refractivity contribution in [2.45, 2.75) is 55.9 Å². The second kappa shape index (κ2) is 17.6. The van der Waals surface area contributed by atoms with Crippen molar-refractivity contribution in [1.29, 1.82) is 0 Å². The van der Waals surface area contributed by atoms with Gasteiger partial charge in [-0.05, 0) is 36.5 Å². The first-order chi connectivity index (χ1) is 21.4. The topological polar surface area (TPSA) is 168 Å². The number of aromatic nitrogens is 1. The summed E-state index contributed by atoms with van der Waals surface area (Å²) in [7, 11) is 0. The summed E-state index contributed by atoms with van der Waals surface area (Å²) in [6, 6.07) is 11.3. The molecular formula is C31H41N5O7S. The molecule has 13 heteroatoms. The van der Waals surface area contributed by atoms with Crippen LogP contribution in [0.1, 0.15) is 48.2 Å². The van der Waals surface area contributed by atoms with E-state index in [2.05, 4.69) is 26.3 Å². The molecule has 2 fully saturated rings. The zero-order valence-corrected chi connectivity index (χ0v) is 25.5. The molecule has 4 amide bonds. The van der Waals surface area contributed by atoms with Crippen LogP contribution in [-0.2, 0) is 25.5 Å². The third-order valence-electron chi connectivity index (χ3n) is 7.50. The van der Waals surface area contributed by atoms with E-state index in [9.17, 15) is 19.2 Å². The number of fused-ring (bicyclic) bond motifs is 1. The van der Waals surface area contributed by atoms with Crippen molar-refractivity contribution in [3.8, 4) is 11.1 Å². The highest BCUT2D eigenvalue weighted by Gasteiger charge is 2.42. The Morgan fingerprint density at radius 3 is 2.23 bits per heavy atom. The molecule has 0 saturated carbocycles. The lowest BCUT2D eigenvalue weighted by atomic mass is 10.0. The van der Waals surface area contributed by atoms with Crippen molar-refractivity contribution in [1.82, 2.24) is 26.3 Å². The first-order valence-corrected chi connectivity index (χ1v) is 16.1. The number of amides is 4. The van der Waals surface area contributed by atoms with Crippen LogP contribution < -0.4 is 21.3 Å². The maximum Gasteiger partial charge on any atom is 0.354 e. The number of aryl methyl sites for hydroxylation is 1. The summed E-state index contributed by atoms with van der Waals surface area (Å²) in [5.74, 6) is -0.141. The highest BCUT2D eigenvalue weighted by Crippen LogP contribution is 2.33. The molecule has 3 heterocycles. The largest absolute Gasteiger partial charge is 0.477 e. The SMILES string of the molecule is O=C(CCCCC1SCC2NC(=O)NC21)NCCOCCOCCNC(=O)CCc1ccc(-c2ccc(C(=O)O)nc2)cc1. The lowest BCUT2D eigenvalue weighted by Crippen LogP contribution is -2.36. The van der Waals surface area contributed by atoms with Gasteiger partial charge in [0.05, 0.1) is 38.5 Å². The number of thioether (sulfide) groups is 1. The summed E-state index contributed by atoms with van der Waals surface area (Å²) in [5, 5.41) is 21.0. The van der Waals surface area contributed by atoms with Gasteiger partial charge in [0.25, 0.3) is 0 Å². The van der Waals surface area contributed by atoms with Crippen LogP contribution in [0.25, 0.3) is 11.1 Å². The van der Waals surface area contributed by atoms with Gasteiger partial charge < -0.3 is 35.8 Å². The van der Waals surface area contributed by atoms with Crippen molar-refractivity contribution in [2.75, 3.05) is 45.3 Å². The zero-order valence-electron chi connectivity index (χ0n) is 24.7. The Kier molecular flexibility index (Phi) is 13.3. The summed E-state index contributed by atoms with van der Waals surface area (Å²) in [6.07, 6.45) is 5.77. The molecule has 1 aromatic heterocycles. The molecule has 0 aliphatic carbocycles. The Hall–Kier alpha value is -3.68. The van der Waals surface area contributed by atoms with E-state index < -0.39 is 5.97 Å². The van der Waals surface area contributed by atoms with Crippen LogP contribution in [0.2, 0.25) is 0 Å². The van der Waals surface area contributed by atoms with E-state index in [-0.39, 0.29) is 35.6 Å². The van der Waals surface area contributed by atoms with Crippen molar-refractivity contribution >= 4 is 35.6 Å². The van der Waals surface area contributed by atoms with Crippen molar-refractivity contribution in [3.63, 3.8) is 0 Å². The molecule has 238 valence electrons. The molecule has 3 atom stereocenters. The number of hydrogen-bond acceptors (Lipinski definition) is 8. The van der Waals surface area contributed by atoms with Crippen LogP contribution in [0.4, 0.5) is 4.79 Å². The third kappa shape index (κ3) is 10.8. The second-order valence-corrected chi connectivity index (χ2v) is 12.0. The Labute approximate surface area is 261 Å². The van der Waals surface area contributed by atoms with Gasteiger partial charge in [0.1, 0.15) is 5.69 Å². The van der Waals surface area contributed by atoms with E-state index >= 15 is 0 Å². The van der Waals surface area contributed by atoms with E-state index in [1.54, 1.807) is 6.07 Å². The number of rotatable bonds is 19. The Morgan fingerprint density at radius 2 is 1.57 bits per heavy atom. The molecule has 44 heavy (non-hydrogen) atoms. The van der Waals surface area contributed by atoms with Crippen LogP contribution in [-0.4, -0.2) is 96.5 Å². The average Bonchev–Trinajstić information content (AvgIpc) is 3.58. The normalized spacial score (nSPS) is 18.7. The van der Waals surface area contributed by atoms with Gasteiger partial charge in [-0.25, -0.2) is 14.6 Å². The van der Waals surface area contributed by atoms with E-state index in [1.165, 1.54) is 12.3 Å². The third-order valence-corrected chi connectivity index (χ3v) is 9.01. The number of carboxylic acids is 1. The molecule has 2 aliphatic rings. The molecule has 0 spiro atoms. The number of nitrogens with one attached hydrogen (secondary N) is 4. The van der Waals surface area contributed by atoms with Crippen LogP contribution in [0.3, 0.4) is 0 Å². The summed E-state index contributed by atoms with van der Waals surface area (Å²) < 4.78 is 11.0. The molecule has 3 unspecified atom stereocenters. The minimum Gasteiger partial charge on any atom is -0.477 e. The van der Waals surface area contributed by atoms with Gasteiger partial charge >= 0.3 is 12.0 Å². The van der Waals surface area contributed by atoms with Gasteiger partial charge in [-0.3, -0.25) is 9.59 Å². The molecule has 12 nitrogen and oxygen atoms in total. The minimum atomic E-state index is -1.06. The maximum atomic E-state index is 12.1. The fraction of sp³-hybridized carbons (Fsp3) is 0.516. The van der Waals surface area contributed by atoms with E-state index in [4.69, 9.17) is 14.6 Å². The Bertz CT molecular complexity index is 1240. The lowest BCUT2D eigenvalue weighted by Gasteiger charge is -2.16. The Morgan fingerprint density at radius 1 is 0.886 bits per heavy atom. The van der Waals surface area contributed by atoms with Crippen molar-refractivity contribution < 1.29 is 33.8 Å². The zero-order chi connectivity index (χ0) is 31.1. The number of nitrogens with zero attached hydrogens (tertiary/aromatic N) is 1. The van der Waals surface area contributed by atoms with Gasteiger partial charge in [0, 0.05) is 48.7 Å². The number of unbranched alkanes of at least 4 members (excludes halogenated alkanes) is 1. The number of carbonyl (C=O) groups excluding carboxylic acids is 3. The number of carboxylic acid groups (broad SMARTS) is 1. The van der Waals surface area contributed by atoms with Gasteiger partial charge in [0.15, 0.2) is 0 Å². The van der Waals surface area contributed by atoms with Crippen LogP contribution in [0.15, 0.2) is 42.6 Å².